The molecule has 1 saturated heterocycles. The highest BCUT2D eigenvalue weighted by Gasteiger charge is 2.30. The van der Waals surface area contributed by atoms with Gasteiger partial charge in [-0.2, -0.15) is 0 Å². The van der Waals surface area contributed by atoms with Gasteiger partial charge in [0.1, 0.15) is 6.61 Å². The molecule has 4 N–H and O–H groups in total. The van der Waals surface area contributed by atoms with E-state index in [9.17, 15) is 9.18 Å². The lowest BCUT2D eigenvalue weighted by molar-refractivity contribution is 0.0221. The van der Waals surface area contributed by atoms with E-state index in [1.54, 1.807) is 18.2 Å². The Bertz CT molecular complexity index is 953. The van der Waals surface area contributed by atoms with E-state index in [0.717, 1.165) is 11.3 Å². The Labute approximate surface area is 173 Å². The second kappa shape index (κ2) is 8.66. The van der Waals surface area contributed by atoms with E-state index in [-0.39, 0.29) is 18.3 Å². The van der Waals surface area contributed by atoms with E-state index in [1.807, 2.05) is 17.2 Å². The zero-order valence-electron chi connectivity index (χ0n) is 16.5. The quantitative estimate of drug-likeness (QED) is 0.529. The SMILES string of the molecule is NC(N)=NC(=O)OCc1cccc(N2CC(OCc3ccnc(C4CC4)c3)C2)c1F. The van der Waals surface area contributed by atoms with Crippen LogP contribution in [0.3, 0.4) is 0 Å². The van der Waals surface area contributed by atoms with Crippen LogP contribution in [-0.2, 0) is 22.7 Å². The van der Waals surface area contributed by atoms with E-state index >= 15 is 0 Å². The van der Waals surface area contributed by atoms with Gasteiger partial charge in [0.05, 0.1) is 18.4 Å². The van der Waals surface area contributed by atoms with E-state index in [0.29, 0.717) is 31.3 Å². The van der Waals surface area contributed by atoms with Gasteiger partial charge in [0, 0.05) is 36.5 Å². The van der Waals surface area contributed by atoms with Gasteiger partial charge in [0.2, 0.25) is 0 Å². The number of nitrogens with two attached hydrogens (primary N) is 2. The van der Waals surface area contributed by atoms with Crippen molar-refractivity contribution >= 4 is 17.7 Å². The molecule has 2 aliphatic rings. The van der Waals surface area contributed by atoms with Crippen LogP contribution in [0.4, 0.5) is 14.9 Å². The van der Waals surface area contributed by atoms with E-state index < -0.39 is 17.9 Å². The van der Waals surface area contributed by atoms with Crippen molar-refractivity contribution in [2.24, 2.45) is 16.5 Å². The Morgan fingerprint density at radius 3 is 2.77 bits per heavy atom. The van der Waals surface area contributed by atoms with Crippen LogP contribution in [0.1, 0.15) is 35.6 Å². The highest BCUT2D eigenvalue weighted by atomic mass is 19.1. The molecule has 2 aromatic rings. The molecule has 1 aliphatic heterocycles. The van der Waals surface area contributed by atoms with Gasteiger partial charge in [-0.1, -0.05) is 12.1 Å². The number of benzene rings is 1. The van der Waals surface area contributed by atoms with Crippen molar-refractivity contribution in [1.82, 2.24) is 4.98 Å². The van der Waals surface area contributed by atoms with Crippen molar-refractivity contribution < 1.29 is 18.7 Å². The first-order valence-corrected chi connectivity index (χ1v) is 9.84. The van der Waals surface area contributed by atoms with Gasteiger partial charge in [-0.05, 0) is 36.6 Å². The summed E-state index contributed by atoms with van der Waals surface area (Å²) in [6.45, 7) is 1.45. The smallest absolute Gasteiger partial charge is 0.437 e. The maximum atomic E-state index is 14.8. The molecule has 0 radical (unpaired) electrons. The summed E-state index contributed by atoms with van der Waals surface area (Å²) in [7, 11) is 0. The van der Waals surface area contributed by atoms with Crippen LogP contribution in [0.5, 0.6) is 0 Å². The third-order valence-electron chi connectivity index (χ3n) is 5.15. The van der Waals surface area contributed by atoms with Crippen LogP contribution < -0.4 is 16.4 Å². The normalized spacial score (nSPS) is 16.1. The van der Waals surface area contributed by atoms with Crippen LogP contribution in [0.25, 0.3) is 0 Å². The summed E-state index contributed by atoms with van der Waals surface area (Å²) in [6, 6.07) is 9.04. The van der Waals surface area contributed by atoms with Crippen molar-refractivity contribution in [2.75, 3.05) is 18.0 Å². The minimum atomic E-state index is -0.960. The number of ether oxygens (including phenoxy) is 2. The van der Waals surface area contributed by atoms with Crippen LogP contribution in [0.15, 0.2) is 41.5 Å². The minimum absolute atomic E-state index is 0.0327. The Morgan fingerprint density at radius 2 is 2.03 bits per heavy atom. The average molecular weight is 413 g/mol. The number of carbonyl (C=O) groups excluding carboxylic acids is 1. The lowest BCUT2D eigenvalue weighted by Gasteiger charge is -2.41. The predicted octanol–water partition coefficient (Wildman–Crippen LogP) is 2.41. The van der Waals surface area contributed by atoms with Crippen molar-refractivity contribution in [3.8, 4) is 0 Å². The molecule has 1 amide bonds. The standard InChI is InChI=1S/C21H24FN5O3/c22-19-15(12-30-21(28)26-20(23)24)2-1-3-18(19)27-9-16(10-27)29-11-13-6-7-25-17(8-13)14-4-5-14/h1-3,6-8,14,16H,4-5,9-12H2,(H4,23,24,26,28). The van der Waals surface area contributed by atoms with Crippen molar-refractivity contribution in [3.05, 3.63) is 59.2 Å². The molecule has 1 aliphatic carbocycles. The van der Waals surface area contributed by atoms with Crippen molar-refractivity contribution in [1.29, 1.82) is 0 Å². The van der Waals surface area contributed by atoms with Crippen molar-refractivity contribution in [2.45, 2.75) is 38.1 Å². The zero-order chi connectivity index (χ0) is 21.1. The zero-order valence-corrected chi connectivity index (χ0v) is 16.5. The van der Waals surface area contributed by atoms with Gasteiger partial charge in [-0.3, -0.25) is 4.98 Å². The van der Waals surface area contributed by atoms with Crippen LogP contribution in [0.2, 0.25) is 0 Å². The molecule has 158 valence electrons. The van der Waals surface area contributed by atoms with Gasteiger partial charge >= 0.3 is 6.09 Å². The van der Waals surface area contributed by atoms with Gasteiger partial charge in [-0.15, -0.1) is 4.99 Å². The number of hydrogen-bond acceptors (Lipinski definition) is 5. The number of hydrogen-bond donors (Lipinski definition) is 2. The number of nitrogens with zero attached hydrogens (tertiary/aromatic N) is 3. The lowest BCUT2D eigenvalue weighted by atomic mass is 10.1. The lowest BCUT2D eigenvalue weighted by Crippen LogP contribution is -2.52. The monoisotopic (exact) mass is 413 g/mol. The topological polar surface area (TPSA) is 116 Å². The second-order valence-electron chi connectivity index (χ2n) is 7.54. The predicted molar refractivity (Wildman–Crippen MR) is 109 cm³/mol. The average Bonchev–Trinajstić information content (AvgIpc) is 3.52. The molecular weight excluding hydrogens is 389 g/mol. The molecule has 0 unspecified atom stereocenters. The van der Waals surface area contributed by atoms with E-state index in [2.05, 4.69) is 16.0 Å². The number of aromatic nitrogens is 1. The first-order valence-electron chi connectivity index (χ1n) is 9.84. The number of rotatable bonds is 7. The van der Waals surface area contributed by atoms with E-state index in [1.165, 1.54) is 12.8 Å². The highest BCUT2D eigenvalue weighted by molar-refractivity contribution is 5.87. The molecule has 2 heterocycles. The summed E-state index contributed by atoms with van der Waals surface area (Å²) in [4.78, 5) is 20.9. The summed E-state index contributed by atoms with van der Waals surface area (Å²) in [6.07, 6.45) is 3.34. The van der Waals surface area contributed by atoms with Crippen LogP contribution >= 0.6 is 0 Å². The molecular formula is C21H24FN5O3. The number of pyridine rings is 1. The van der Waals surface area contributed by atoms with Crippen LogP contribution in [0, 0.1) is 5.82 Å². The minimum Gasteiger partial charge on any atom is -0.443 e. The van der Waals surface area contributed by atoms with E-state index in [4.69, 9.17) is 20.9 Å². The maximum Gasteiger partial charge on any atom is 0.437 e. The molecule has 1 aromatic carbocycles. The summed E-state index contributed by atoms with van der Waals surface area (Å²) in [5.74, 6) is -0.230. The molecule has 9 heteroatoms. The summed E-state index contributed by atoms with van der Waals surface area (Å²) < 4.78 is 25.6. The van der Waals surface area contributed by atoms with Crippen molar-refractivity contribution in [3.63, 3.8) is 0 Å². The second-order valence-corrected chi connectivity index (χ2v) is 7.54. The molecule has 30 heavy (non-hydrogen) atoms. The molecule has 0 atom stereocenters. The van der Waals surface area contributed by atoms with Crippen LogP contribution in [-0.4, -0.2) is 36.2 Å². The molecule has 4 rings (SSSR count). The first kappa shape index (κ1) is 20.1. The molecule has 2 fully saturated rings. The molecule has 8 nitrogen and oxygen atoms in total. The van der Waals surface area contributed by atoms with Gasteiger partial charge < -0.3 is 25.8 Å². The number of halogens is 1. The number of anilines is 1. The fourth-order valence-corrected chi connectivity index (χ4v) is 3.34. The largest absolute Gasteiger partial charge is 0.443 e. The Morgan fingerprint density at radius 1 is 1.23 bits per heavy atom. The van der Waals surface area contributed by atoms with Gasteiger partial charge in [0.25, 0.3) is 0 Å². The number of guanidine groups is 1. The number of aliphatic imine (C=N–C) groups is 1. The Hall–Kier alpha value is -3.20. The third kappa shape index (κ3) is 4.85. The fourth-order valence-electron chi connectivity index (χ4n) is 3.34. The van der Waals surface area contributed by atoms with Gasteiger partial charge in [0.15, 0.2) is 11.8 Å². The third-order valence-corrected chi connectivity index (χ3v) is 5.15. The Kier molecular flexibility index (Phi) is 5.80. The maximum absolute atomic E-state index is 14.8. The molecule has 1 aromatic heterocycles. The summed E-state index contributed by atoms with van der Waals surface area (Å²) in [5.41, 5.74) is 13.2. The highest BCUT2D eigenvalue weighted by Crippen LogP contribution is 2.39. The molecule has 1 saturated carbocycles. The summed E-state index contributed by atoms with van der Waals surface area (Å²) in [5, 5.41) is 0. The molecule has 0 bridgehead atoms. The summed E-state index contributed by atoms with van der Waals surface area (Å²) >= 11 is 0. The Balaban J connectivity index is 1.28. The molecule has 0 spiro atoms. The fraction of sp³-hybridized carbons (Fsp3) is 0.381. The van der Waals surface area contributed by atoms with Gasteiger partial charge in [-0.25, -0.2) is 9.18 Å². The number of amides is 1. The number of carbonyl (C=O) groups is 1. The first-order chi connectivity index (χ1) is 14.5.